The monoisotopic (exact) mass is 897 g/mol. The molecular formula is C44H92N2O4S4Si2. The van der Waals surface area contributed by atoms with E-state index in [9.17, 15) is 0 Å². The minimum Gasteiger partial charge on any atom is -0.355 e. The molecule has 334 valence electrons. The predicted molar refractivity (Wildman–Crippen MR) is 262 cm³/mol. The Morgan fingerprint density at radius 1 is 0.464 bits per heavy atom. The third-order valence-corrected chi connectivity index (χ3v) is 22.7. The lowest BCUT2D eigenvalue weighted by Crippen LogP contribution is -2.37. The van der Waals surface area contributed by atoms with E-state index in [0.29, 0.717) is 25.8 Å². The van der Waals surface area contributed by atoms with Gasteiger partial charge in [0.05, 0.1) is 31.6 Å². The van der Waals surface area contributed by atoms with Crippen molar-refractivity contribution in [3.05, 3.63) is 0 Å². The first-order valence-electron chi connectivity index (χ1n) is 24.0. The maximum atomic E-state index is 6.23. The van der Waals surface area contributed by atoms with Gasteiger partial charge in [-0.2, -0.15) is 0 Å². The van der Waals surface area contributed by atoms with Crippen LogP contribution in [-0.2, 0) is 18.9 Å². The lowest BCUT2D eigenvalue weighted by molar-refractivity contribution is -0.0960. The van der Waals surface area contributed by atoms with Crippen LogP contribution in [0.5, 0.6) is 0 Å². The van der Waals surface area contributed by atoms with Crippen molar-refractivity contribution in [2.45, 2.75) is 218 Å². The van der Waals surface area contributed by atoms with E-state index in [1.165, 1.54) is 205 Å². The van der Waals surface area contributed by atoms with Gasteiger partial charge in [0.1, 0.15) is 13.6 Å². The van der Waals surface area contributed by atoms with Gasteiger partial charge in [-0.3, -0.25) is 0 Å². The Labute approximate surface area is 368 Å². The summed E-state index contributed by atoms with van der Waals surface area (Å²) in [6, 6.07) is 0. The van der Waals surface area contributed by atoms with Crippen LogP contribution in [0, 0.1) is 0 Å². The number of nitrogens with zero attached hydrogens (tertiary/aromatic N) is 2. The Bertz CT molecular complexity index is 769. The maximum absolute atomic E-state index is 6.23. The highest BCUT2D eigenvalue weighted by molar-refractivity contribution is 9.26. The van der Waals surface area contributed by atoms with Crippen LogP contribution in [-0.4, -0.2) is 105 Å². The average Bonchev–Trinajstić information content (AvgIpc) is 3.18. The summed E-state index contributed by atoms with van der Waals surface area (Å²) in [5.41, 5.74) is 1.77. The van der Waals surface area contributed by atoms with Gasteiger partial charge >= 0.3 is 0 Å². The smallest absolute Gasteiger partial charge is 0.147 e. The van der Waals surface area contributed by atoms with E-state index < -0.39 is 0 Å². The summed E-state index contributed by atoms with van der Waals surface area (Å²) < 4.78 is 29.9. The van der Waals surface area contributed by atoms with Crippen molar-refractivity contribution in [3.8, 4) is 0 Å². The molecule has 2 aliphatic heterocycles. The Hall–Kier alpha value is 1.59. The summed E-state index contributed by atoms with van der Waals surface area (Å²) in [5.74, 6) is 2.52. The van der Waals surface area contributed by atoms with E-state index in [1.54, 1.807) is 0 Å². The lowest BCUT2D eigenvalue weighted by atomic mass is 10.1. The van der Waals surface area contributed by atoms with Crippen molar-refractivity contribution in [3.63, 3.8) is 0 Å². The standard InChI is InChI=1S/C44H92N2O4S4Si2/c1-5-7-9-11-13-15-17-19-21-35-47-39-49-43-27-25-41(3)55-45(33-29-43)31-23-37-51-53-54-52-38-24-32-46-34-30-44(28-26-42(4)56-46)50-40-48-36-22-20-18-16-14-12-10-8-6-2/h41-44H,5-40,55-56H2,1-4H3. The van der Waals surface area contributed by atoms with E-state index >= 15 is 0 Å². The fourth-order valence-corrected chi connectivity index (χ4v) is 18.4. The molecule has 2 fully saturated rings. The van der Waals surface area contributed by atoms with Gasteiger partial charge in [-0.15, -0.1) is 0 Å². The zero-order valence-corrected chi connectivity index (χ0v) is 43.4. The molecule has 0 aromatic carbocycles. The van der Waals surface area contributed by atoms with Gasteiger partial charge in [-0.25, -0.2) is 0 Å². The number of hydrogen-bond donors (Lipinski definition) is 0. The van der Waals surface area contributed by atoms with Gasteiger partial charge in [-0.1, -0.05) is 152 Å². The van der Waals surface area contributed by atoms with Gasteiger partial charge in [-0.05, 0) is 121 Å². The highest BCUT2D eigenvalue weighted by atomic mass is 33.7. The molecule has 0 aliphatic carbocycles. The number of rotatable bonds is 37. The topological polar surface area (TPSA) is 43.4 Å². The van der Waals surface area contributed by atoms with Crippen molar-refractivity contribution in [2.24, 2.45) is 0 Å². The second-order valence-electron chi connectivity index (χ2n) is 17.3. The molecule has 2 saturated heterocycles. The zero-order chi connectivity index (χ0) is 40.0. The molecule has 0 N–H and O–H groups in total. The van der Waals surface area contributed by atoms with Crippen molar-refractivity contribution in [1.82, 2.24) is 9.13 Å². The maximum Gasteiger partial charge on any atom is 0.147 e. The normalized spacial score (nSPS) is 22.7. The largest absolute Gasteiger partial charge is 0.355 e. The molecule has 2 rings (SSSR count). The lowest BCUT2D eigenvalue weighted by Gasteiger charge is -2.31. The first-order valence-corrected chi connectivity index (χ1v) is 32.1. The van der Waals surface area contributed by atoms with Gasteiger partial charge < -0.3 is 28.1 Å². The summed E-state index contributed by atoms with van der Waals surface area (Å²) in [6.45, 7) is 17.2. The first kappa shape index (κ1) is 53.7. The SMILES string of the molecule is CCCCCCCCCCCOCOC1CCC(C)[SiH2]N(CCCSSSSCCCN2CCC(OCOCCCCCCCCCCC)CCC(C)[SiH2]2)CC1. The van der Waals surface area contributed by atoms with Gasteiger partial charge in [0.2, 0.25) is 0 Å². The molecule has 4 unspecified atom stereocenters. The van der Waals surface area contributed by atoms with Crippen LogP contribution in [0.4, 0.5) is 0 Å². The summed E-state index contributed by atoms with van der Waals surface area (Å²) in [4.78, 5) is 0. The Morgan fingerprint density at radius 2 is 0.839 bits per heavy atom. The van der Waals surface area contributed by atoms with Gasteiger partial charge in [0.25, 0.3) is 0 Å². The van der Waals surface area contributed by atoms with Crippen LogP contribution >= 0.6 is 41.2 Å². The van der Waals surface area contributed by atoms with Crippen molar-refractivity contribution in [2.75, 3.05) is 64.5 Å². The van der Waals surface area contributed by atoms with Crippen molar-refractivity contribution < 1.29 is 18.9 Å². The summed E-state index contributed by atoms with van der Waals surface area (Å²) in [7, 11) is 7.83. The number of unbranched alkanes of at least 4 members (excludes halogenated alkanes) is 16. The minimum absolute atomic E-state index is 0.155. The van der Waals surface area contributed by atoms with E-state index in [2.05, 4.69) is 58.4 Å². The molecule has 0 bridgehead atoms. The molecular weight excluding hydrogens is 805 g/mol. The molecule has 0 saturated carbocycles. The van der Waals surface area contributed by atoms with Gasteiger partial charge in [0, 0.05) is 24.7 Å². The highest BCUT2D eigenvalue weighted by Crippen LogP contribution is 2.43. The molecule has 2 aliphatic rings. The van der Waals surface area contributed by atoms with Crippen LogP contribution in [0.25, 0.3) is 0 Å². The first-order chi connectivity index (χ1) is 27.6. The van der Waals surface area contributed by atoms with Crippen LogP contribution in [0.15, 0.2) is 0 Å². The average molecular weight is 898 g/mol. The molecule has 4 atom stereocenters. The molecule has 12 heteroatoms. The van der Waals surface area contributed by atoms with Gasteiger partial charge in [0.15, 0.2) is 0 Å². The second-order valence-corrected chi connectivity index (χ2v) is 28.9. The number of hydrogen-bond acceptors (Lipinski definition) is 10. The fourth-order valence-electron chi connectivity index (χ4n) is 8.11. The van der Waals surface area contributed by atoms with Crippen molar-refractivity contribution in [1.29, 1.82) is 0 Å². The highest BCUT2D eigenvalue weighted by Gasteiger charge is 2.21. The molecule has 0 aromatic rings. The molecule has 6 nitrogen and oxygen atoms in total. The Balaban J connectivity index is 1.41. The zero-order valence-electron chi connectivity index (χ0n) is 37.3. The quantitative estimate of drug-likeness (QED) is 0.0261. The summed E-state index contributed by atoms with van der Waals surface area (Å²) >= 11 is 0. The van der Waals surface area contributed by atoms with Crippen LogP contribution in [0.1, 0.15) is 195 Å². The molecule has 0 radical (unpaired) electrons. The van der Waals surface area contributed by atoms with Crippen molar-refractivity contribution >= 4 is 60.6 Å². The molecule has 2 heterocycles. The Kier molecular flexibility index (Phi) is 39.0. The molecule has 0 aromatic heterocycles. The molecule has 56 heavy (non-hydrogen) atoms. The van der Waals surface area contributed by atoms with Crippen LogP contribution in [0.3, 0.4) is 0 Å². The second kappa shape index (κ2) is 40.7. The van der Waals surface area contributed by atoms with E-state index in [4.69, 9.17) is 18.9 Å². The Morgan fingerprint density at radius 3 is 1.23 bits per heavy atom. The van der Waals surface area contributed by atoms with Crippen LogP contribution in [0.2, 0.25) is 11.1 Å². The minimum atomic E-state index is -0.155. The predicted octanol–water partition coefficient (Wildman–Crippen LogP) is 13.0. The molecule has 0 spiro atoms. The van der Waals surface area contributed by atoms with E-state index in [0.717, 1.165) is 24.3 Å². The third kappa shape index (κ3) is 33.2. The number of ether oxygens (including phenoxy) is 4. The van der Waals surface area contributed by atoms with E-state index in [1.807, 2.05) is 19.7 Å². The van der Waals surface area contributed by atoms with E-state index in [-0.39, 0.29) is 19.4 Å². The fraction of sp³-hybridized carbons (Fsp3) is 1.00. The molecule has 0 amide bonds. The third-order valence-electron chi connectivity index (χ3n) is 11.7. The summed E-state index contributed by atoms with van der Waals surface area (Å²) in [6.07, 6.45) is 35.3. The van der Waals surface area contributed by atoms with Crippen LogP contribution < -0.4 is 0 Å². The summed E-state index contributed by atoms with van der Waals surface area (Å²) in [5, 5.41) is 0.